The monoisotopic (exact) mass is 141 g/mol. The van der Waals surface area contributed by atoms with Gasteiger partial charge in [-0.05, 0) is 13.3 Å². The summed E-state index contributed by atoms with van der Waals surface area (Å²) < 4.78 is 0. The quantitative estimate of drug-likeness (QED) is 0.560. The van der Waals surface area contributed by atoms with E-state index >= 15 is 0 Å². The fraction of sp³-hybridized carbons (Fsp3) is 0.778. The highest BCUT2D eigenvalue weighted by molar-refractivity contribution is 4.72. The second-order valence-corrected chi connectivity index (χ2v) is 2.74. The van der Waals surface area contributed by atoms with E-state index in [1.54, 1.807) is 0 Å². The SMILES string of the molecule is C=CCNC(C)CCCC. The molecule has 0 radical (unpaired) electrons. The number of rotatable bonds is 6. The predicted octanol–water partition coefficient (Wildman–Crippen LogP) is 2.34. The number of hydrogen-bond donors (Lipinski definition) is 1. The molecule has 1 unspecified atom stereocenters. The first-order chi connectivity index (χ1) is 4.81. The van der Waals surface area contributed by atoms with E-state index in [0.717, 1.165) is 6.54 Å². The summed E-state index contributed by atoms with van der Waals surface area (Å²) in [5.41, 5.74) is 0. The molecular formula is C9H19N. The molecule has 0 bridgehead atoms. The zero-order valence-corrected chi connectivity index (χ0v) is 7.19. The Morgan fingerprint density at radius 2 is 2.30 bits per heavy atom. The van der Waals surface area contributed by atoms with Crippen LogP contribution in [0.1, 0.15) is 33.1 Å². The summed E-state index contributed by atoms with van der Waals surface area (Å²) in [6.45, 7) is 9.03. The first-order valence-corrected chi connectivity index (χ1v) is 4.15. The molecular weight excluding hydrogens is 122 g/mol. The van der Waals surface area contributed by atoms with Gasteiger partial charge in [0.15, 0.2) is 0 Å². The van der Waals surface area contributed by atoms with Crippen LogP contribution < -0.4 is 5.32 Å². The highest BCUT2D eigenvalue weighted by atomic mass is 14.9. The van der Waals surface area contributed by atoms with Gasteiger partial charge in [0.25, 0.3) is 0 Å². The van der Waals surface area contributed by atoms with E-state index in [-0.39, 0.29) is 0 Å². The molecule has 0 aliphatic rings. The standard InChI is InChI=1S/C9H19N/c1-4-6-7-9(3)10-8-5-2/h5,9-10H,2,4,6-8H2,1,3H3. The van der Waals surface area contributed by atoms with Crippen LogP contribution in [-0.2, 0) is 0 Å². The molecule has 0 spiro atoms. The number of nitrogens with one attached hydrogen (secondary N) is 1. The molecule has 1 N–H and O–H groups in total. The largest absolute Gasteiger partial charge is 0.311 e. The van der Waals surface area contributed by atoms with Gasteiger partial charge in [-0.2, -0.15) is 0 Å². The van der Waals surface area contributed by atoms with Crippen molar-refractivity contribution >= 4 is 0 Å². The topological polar surface area (TPSA) is 12.0 Å². The predicted molar refractivity (Wildman–Crippen MR) is 47.2 cm³/mol. The molecule has 0 heterocycles. The lowest BCUT2D eigenvalue weighted by Gasteiger charge is -2.10. The summed E-state index contributed by atoms with van der Waals surface area (Å²) in [6, 6.07) is 0.651. The second-order valence-electron chi connectivity index (χ2n) is 2.74. The zero-order chi connectivity index (χ0) is 7.82. The summed E-state index contributed by atoms with van der Waals surface area (Å²) in [6.07, 6.45) is 5.80. The van der Waals surface area contributed by atoms with Gasteiger partial charge in [0.2, 0.25) is 0 Å². The van der Waals surface area contributed by atoms with Crippen LogP contribution in [-0.4, -0.2) is 12.6 Å². The lowest BCUT2D eigenvalue weighted by molar-refractivity contribution is 0.519. The Morgan fingerprint density at radius 1 is 1.60 bits per heavy atom. The van der Waals surface area contributed by atoms with Crippen LogP contribution in [0.25, 0.3) is 0 Å². The van der Waals surface area contributed by atoms with Crippen molar-refractivity contribution in [2.24, 2.45) is 0 Å². The van der Waals surface area contributed by atoms with Crippen molar-refractivity contribution in [3.05, 3.63) is 12.7 Å². The van der Waals surface area contributed by atoms with Gasteiger partial charge in [0.05, 0.1) is 0 Å². The lowest BCUT2D eigenvalue weighted by atomic mass is 10.1. The molecule has 0 aromatic carbocycles. The Morgan fingerprint density at radius 3 is 2.80 bits per heavy atom. The highest BCUT2D eigenvalue weighted by Gasteiger charge is 1.96. The molecule has 1 nitrogen and oxygen atoms in total. The Bertz CT molecular complexity index is 78.8. The summed E-state index contributed by atoms with van der Waals surface area (Å²) >= 11 is 0. The van der Waals surface area contributed by atoms with Crippen LogP contribution in [0.3, 0.4) is 0 Å². The smallest absolute Gasteiger partial charge is 0.0134 e. The number of hydrogen-bond acceptors (Lipinski definition) is 1. The molecule has 0 amide bonds. The summed E-state index contributed by atoms with van der Waals surface area (Å²) in [5.74, 6) is 0. The third-order valence-corrected chi connectivity index (χ3v) is 1.60. The minimum Gasteiger partial charge on any atom is -0.311 e. The molecule has 10 heavy (non-hydrogen) atoms. The van der Waals surface area contributed by atoms with E-state index in [2.05, 4.69) is 25.7 Å². The van der Waals surface area contributed by atoms with Crippen LogP contribution in [0.5, 0.6) is 0 Å². The highest BCUT2D eigenvalue weighted by Crippen LogP contribution is 1.98. The third-order valence-electron chi connectivity index (χ3n) is 1.60. The van der Waals surface area contributed by atoms with E-state index in [0.29, 0.717) is 6.04 Å². The van der Waals surface area contributed by atoms with Gasteiger partial charge in [-0.3, -0.25) is 0 Å². The molecule has 0 saturated carbocycles. The van der Waals surface area contributed by atoms with Gasteiger partial charge < -0.3 is 5.32 Å². The van der Waals surface area contributed by atoms with Gasteiger partial charge in [-0.15, -0.1) is 6.58 Å². The Labute approximate surface area is 64.5 Å². The van der Waals surface area contributed by atoms with Crippen LogP contribution in [0.15, 0.2) is 12.7 Å². The minimum absolute atomic E-state index is 0.651. The van der Waals surface area contributed by atoms with Crippen molar-refractivity contribution in [2.75, 3.05) is 6.54 Å². The van der Waals surface area contributed by atoms with Crippen molar-refractivity contribution in [3.8, 4) is 0 Å². The maximum Gasteiger partial charge on any atom is 0.0134 e. The molecule has 1 heteroatoms. The average molecular weight is 141 g/mol. The van der Waals surface area contributed by atoms with Gasteiger partial charge in [-0.25, -0.2) is 0 Å². The Kier molecular flexibility index (Phi) is 6.61. The minimum atomic E-state index is 0.651. The molecule has 60 valence electrons. The molecule has 0 saturated heterocycles. The van der Waals surface area contributed by atoms with Crippen molar-refractivity contribution in [1.82, 2.24) is 5.32 Å². The lowest BCUT2D eigenvalue weighted by Crippen LogP contribution is -2.25. The van der Waals surface area contributed by atoms with Gasteiger partial charge in [0, 0.05) is 12.6 Å². The van der Waals surface area contributed by atoms with E-state index < -0.39 is 0 Å². The molecule has 1 atom stereocenters. The fourth-order valence-corrected chi connectivity index (χ4v) is 0.897. The van der Waals surface area contributed by atoms with Crippen LogP contribution >= 0.6 is 0 Å². The molecule has 0 aromatic rings. The molecule has 0 aromatic heterocycles. The first-order valence-electron chi connectivity index (χ1n) is 4.15. The summed E-state index contributed by atoms with van der Waals surface area (Å²) in [7, 11) is 0. The van der Waals surface area contributed by atoms with Gasteiger partial charge in [-0.1, -0.05) is 25.8 Å². The molecule has 0 fully saturated rings. The maximum atomic E-state index is 3.65. The Balaban J connectivity index is 3.07. The zero-order valence-electron chi connectivity index (χ0n) is 7.19. The van der Waals surface area contributed by atoms with Gasteiger partial charge >= 0.3 is 0 Å². The molecule has 0 aliphatic carbocycles. The fourth-order valence-electron chi connectivity index (χ4n) is 0.897. The second kappa shape index (κ2) is 6.81. The van der Waals surface area contributed by atoms with Crippen molar-refractivity contribution in [2.45, 2.75) is 39.2 Å². The number of unbranched alkanes of at least 4 members (excludes halogenated alkanes) is 1. The first kappa shape index (κ1) is 9.70. The molecule has 0 rings (SSSR count). The van der Waals surface area contributed by atoms with E-state index in [1.807, 2.05) is 6.08 Å². The van der Waals surface area contributed by atoms with Crippen molar-refractivity contribution < 1.29 is 0 Å². The summed E-state index contributed by atoms with van der Waals surface area (Å²) in [4.78, 5) is 0. The van der Waals surface area contributed by atoms with Crippen LogP contribution in [0, 0.1) is 0 Å². The van der Waals surface area contributed by atoms with Gasteiger partial charge in [0.1, 0.15) is 0 Å². The average Bonchev–Trinajstić information content (AvgIpc) is 1.97. The third kappa shape index (κ3) is 5.83. The van der Waals surface area contributed by atoms with E-state index in [9.17, 15) is 0 Å². The van der Waals surface area contributed by atoms with E-state index in [4.69, 9.17) is 0 Å². The van der Waals surface area contributed by atoms with Crippen molar-refractivity contribution in [3.63, 3.8) is 0 Å². The normalized spacial score (nSPS) is 13.0. The van der Waals surface area contributed by atoms with Crippen LogP contribution in [0.2, 0.25) is 0 Å². The van der Waals surface area contributed by atoms with Crippen LogP contribution in [0.4, 0.5) is 0 Å². The van der Waals surface area contributed by atoms with E-state index in [1.165, 1.54) is 19.3 Å². The van der Waals surface area contributed by atoms with Crippen molar-refractivity contribution in [1.29, 1.82) is 0 Å². The molecule has 0 aliphatic heterocycles. The Hall–Kier alpha value is -0.300. The summed E-state index contributed by atoms with van der Waals surface area (Å²) in [5, 5.41) is 3.35. The maximum absolute atomic E-state index is 3.65.